The van der Waals surface area contributed by atoms with Crippen LogP contribution in [0.3, 0.4) is 0 Å². The quantitative estimate of drug-likeness (QED) is 0.757. The van der Waals surface area contributed by atoms with Crippen LogP contribution in [0, 0.1) is 11.3 Å². The van der Waals surface area contributed by atoms with E-state index in [1.807, 2.05) is 0 Å². The summed E-state index contributed by atoms with van der Waals surface area (Å²) in [6.45, 7) is 9.48. The lowest BCUT2D eigenvalue weighted by atomic mass is 9.98. The normalized spacial score (nSPS) is 46.3. The van der Waals surface area contributed by atoms with Crippen LogP contribution in [0.5, 0.6) is 0 Å². The molecule has 1 saturated heterocycles. The van der Waals surface area contributed by atoms with Crippen LogP contribution in [0.1, 0.15) is 40.5 Å². The predicted molar refractivity (Wildman–Crippen MR) is 64.8 cm³/mol. The number of rotatable bonds is 2. The van der Waals surface area contributed by atoms with Crippen LogP contribution in [0.15, 0.2) is 0 Å². The molecule has 2 heteroatoms. The average Bonchev–Trinajstić information content (AvgIpc) is 2.75. The first-order valence-electron chi connectivity index (χ1n) is 5.92. The van der Waals surface area contributed by atoms with Gasteiger partial charge < -0.3 is 5.32 Å². The largest absolute Gasteiger partial charge is 0.309 e. The molecule has 0 spiro atoms. The van der Waals surface area contributed by atoms with Crippen LogP contribution in [0.2, 0.25) is 0 Å². The Kier molecular flexibility index (Phi) is 2.87. The molecule has 4 atom stereocenters. The Labute approximate surface area is 92.4 Å². The van der Waals surface area contributed by atoms with E-state index in [-0.39, 0.29) is 0 Å². The van der Waals surface area contributed by atoms with Gasteiger partial charge in [0.1, 0.15) is 0 Å². The van der Waals surface area contributed by atoms with Gasteiger partial charge in [-0.1, -0.05) is 20.8 Å². The van der Waals surface area contributed by atoms with E-state index in [1.54, 1.807) is 0 Å². The van der Waals surface area contributed by atoms with Gasteiger partial charge >= 0.3 is 0 Å². The summed E-state index contributed by atoms with van der Waals surface area (Å²) in [6, 6.07) is 1.49. The summed E-state index contributed by atoms with van der Waals surface area (Å²) >= 11 is 2.19. The maximum absolute atomic E-state index is 3.81. The summed E-state index contributed by atoms with van der Waals surface area (Å²) in [6.07, 6.45) is 2.75. The van der Waals surface area contributed by atoms with E-state index in [0.717, 1.165) is 17.2 Å². The summed E-state index contributed by atoms with van der Waals surface area (Å²) in [5.74, 6) is 2.23. The van der Waals surface area contributed by atoms with Gasteiger partial charge in [-0.3, -0.25) is 0 Å². The van der Waals surface area contributed by atoms with Gasteiger partial charge in [0, 0.05) is 23.1 Å². The highest BCUT2D eigenvalue weighted by molar-refractivity contribution is 8.00. The summed E-state index contributed by atoms with van der Waals surface area (Å²) in [7, 11) is 0. The van der Waals surface area contributed by atoms with Gasteiger partial charge in [-0.2, -0.15) is 11.8 Å². The van der Waals surface area contributed by atoms with Crippen LogP contribution in [0.25, 0.3) is 0 Å². The molecular weight excluding hydrogens is 190 g/mol. The highest BCUT2D eigenvalue weighted by Gasteiger charge is 2.52. The lowest BCUT2D eigenvalue weighted by Crippen LogP contribution is -2.50. The lowest BCUT2D eigenvalue weighted by Gasteiger charge is -2.36. The molecule has 1 saturated carbocycles. The molecule has 0 aromatic rings. The van der Waals surface area contributed by atoms with Gasteiger partial charge in [-0.05, 0) is 31.1 Å². The van der Waals surface area contributed by atoms with Crippen molar-refractivity contribution in [1.82, 2.24) is 5.32 Å². The minimum atomic E-state index is 0.614. The molecule has 1 heterocycles. The van der Waals surface area contributed by atoms with Gasteiger partial charge in [0.2, 0.25) is 0 Å². The number of nitrogens with one attached hydrogen (secondary N) is 1. The Morgan fingerprint density at radius 3 is 2.57 bits per heavy atom. The third-order valence-electron chi connectivity index (χ3n) is 3.86. The fraction of sp³-hybridized carbons (Fsp3) is 1.00. The molecular formula is C12H23NS. The van der Waals surface area contributed by atoms with Crippen molar-refractivity contribution in [2.45, 2.75) is 57.9 Å². The van der Waals surface area contributed by atoms with Crippen molar-refractivity contribution in [3.8, 4) is 0 Å². The van der Waals surface area contributed by atoms with E-state index >= 15 is 0 Å². The van der Waals surface area contributed by atoms with E-state index in [0.29, 0.717) is 11.5 Å². The predicted octanol–water partition coefficient (Wildman–Crippen LogP) is 2.90. The molecule has 1 N–H and O–H groups in total. The third kappa shape index (κ3) is 1.96. The zero-order valence-corrected chi connectivity index (χ0v) is 10.7. The maximum Gasteiger partial charge on any atom is 0.0222 e. The van der Waals surface area contributed by atoms with Crippen molar-refractivity contribution in [3.63, 3.8) is 0 Å². The molecule has 2 rings (SSSR count). The molecule has 2 fully saturated rings. The third-order valence-corrected chi connectivity index (χ3v) is 5.61. The second kappa shape index (κ2) is 3.71. The molecule has 14 heavy (non-hydrogen) atoms. The van der Waals surface area contributed by atoms with Gasteiger partial charge in [0.25, 0.3) is 0 Å². The van der Waals surface area contributed by atoms with Crippen LogP contribution in [-0.2, 0) is 0 Å². The standard InChI is InChI=1S/C12H23NS/c1-5-10-11(9-6-12(9,3)4)13-8(2)7-14-10/h8-11,13H,5-7H2,1-4H3. The minimum absolute atomic E-state index is 0.614. The highest BCUT2D eigenvalue weighted by Crippen LogP contribution is 2.55. The van der Waals surface area contributed by atoms with E-state index in [2.05, 4.69) is 44.8 Å². The lowest BCUT2D eigenvalue weighted by molar-refractivity contribution is 0.356. The fourth-order valence-electron chi connectivity index (χ4n) is 2.72. The van der Waals surface area contributed by atoms with E-state index in [1.165, 1.54) is 18.6 Å². The van der Waals surface area contributed by atoms with E-state index < -0.39 is 0 Å². The second-order valence-corrected chi connectivity index (χ2v) is 6.94. The second-order valence-electron chi connectivity index (χ2n) is 5.67. The SMILES string of the molecule is CCC1SCC(C)NC1C1CC1(C)C. The van der Waals surface area contributed by atoms with Crippen molar-refractivity contribution in [2.75, 3.05) is 5.75 Å². The van der Waals surface area contributed by atoms with Crippen molar-refractivity contribution >= 4 is 11.8 Å². The fourth-order valence-corrected chi connectivity index (χ4v) is 4.07. The summed E-state index contributed by atoms with van der Waals surface area (Å²) in [5, 5.41) is 4.67. The Hall–Kier alpha value is 0.310. The van der Waals surface area contributed by atoms with Crippen molar-refractivity contribution < 1.29 is 0 Å². The molecule has 1 nitrogen and oxygen atoms in total. The molecule has 4 unspecified atom stereocenters. The number of hydrogen-bond acceptors (Lipinski definition) is 2. The van der Waals surface area contributed by atoms with E-state index in [4.69, 9.17) is 0 Å². The zero-order valence-electron chi connectivity index (χ0n) is 9.84. The van der Waals surface area contributed by atoms with Gasteiger partial charge in [0.15, 0.2) is 0 Å². The molecule has 1 aliphatic carbocycles. The molecule has 82 valence electrons. The molecule has 0 aromatic heterocycles. The smallest absolute Gasteiger partial charge is 0.0222 e. The van der Waals surface area contributed by atoms with Crippen molar-refractivity contribution in [3.05, 3.63) is 0 Å². The van der Waals surface area contributed by atoms with Gasteiger partial charge in [-0.15, -0.1) is 0 Å². The minimum Gasteiger partial charge on any atom is -0.309 e. The first kappa shape index (κ1) is 10.8. The molecule has 1 aliphatic heterocycles. The molecule has 0 bridgehead atoms. The topological polar surface area (TPSA) is 12.0 Å². The van der Waals surface area contributed by atoms with Gasteiger partial charge in [0.05, 0.1) is 0 Å². The Bertz CT molecular complexity index is 212. The van der Waals surface area contributed by atoms with Crippen molar-refractivity contribution in [1.29, 1.82) is 0 Å². The Morgan fingerprint density at radius 2 is 2.07 bits per heavy atom. The molecule has 2 aliphatic rings. The zero-order chi connectivity index (χ0) is 10.3. The highest BCUT2D eigenvalue weighted by atomic mass is 32.2. The van der Waals surface area contributed by atoms with Crippen LogP contribution in [0.4, 0.5) is 0 Å². The monoisotopic (exact) mass is 213 g/mol. The van der Waals surface area contributed by atoms with E-state index in [9.17, 15) is 0 Å². The number of thioether (sulfide) groups is 1. The van der Waals surface area contributed by atoms with Crippen molar-refractivity contribution in [2.24, 2.45) is 11.3 Å². The molecule has 0 aromatic carbocycles. The van der Waals surface area contributed by atoms with Crippen LogP contribution in [-0.4, -0.2) is 23.1 Å². The summed E-state index contributed by atoms with van der Waals surface area (Å²) in [5.41, 5.74) is 0.614. The molecule has 0 amide bonds. The van der Waals surface area contributed by atoms with Gasteiger partial charge in [-0.25, -0.2) is 0 Å². The van der Waals surface area contributed by atoms with Crippen LogP contribution >= 0.6 is 11.8 Å². The first-order chi connectivity index (χ1) is 6.54. The summed E-state index contributed by atoms with van der Waals surface area (Å²) in [4.78, 5) is 0. The summed E-state index contributed by atoms with van der Waals surface area (Å²) < 4.78 is 0. The average molecular weight is 213 g/mol. The number of hydrogen-bond donors (Lipinski definition) is 1. The molecule has 0 radical (unpaired) electrons. The van der Waals surface area contributed by atoms with Crippen LogP contribution < -0.4 is 5.32 Å². The maximum atomic E-state index is 3.81. The Balaban J connectivity index is 2.00. The first-order valence-corrected chi connectivity index (χ1v) is 6.97. The Morgan fingerprint density at radius 1 is 1.43 bits per heavy atom.